The smallest absolute Gasteiger partial charge is 0.339 e. The van der Waals surface area contributed by atoms with Crippen LogP contribution < -0.4 is 0 Å². The molecule has 0 radical (unpaired) electrons. The number of carbonyl (C=O) groups is 5. The predicted molar refractivity (Wildman–Crippen MR) is 102 cm³/mol. The molecule has 9 heteroatoms. The van der Waals surface area contributed by atoms with Crippen LogP contribution in [0.3, 0.4) is 0 Å². The van der Waals surface area contributed by atoms with E-state index in [1.807, 2.05) is 0 Å². The SMILES string of the molecule is CCOC(=O)c1cc(C(=O)c2ccc(C(=O)O)c(C(=O)CCO)c2)ccc1C(=O)O. The van der Waals surface area contributed by atoms with E-state index < -0.39 is 36.1 Å². The zero-order valence-electron chi connectivity index (χ0n) is 15.9. The van der Waals surface area contributed by atoms with E-state index in [0.29, 0.717) is 0 Å². The molecule has 0 aliphatic heterocycles. The molecule has 2 rings (SSSR count). The summed E-state index contributed by atoms with van der Waals surface area (Å²) in [5, 5.41) is 27.5. The van der Waals surface area contributed by atoms with Gasteiger partial charge in [0.05, 0.1) is 29.9 Å². The number of Topliss-reactive ketones (excluding diaryl/α,β-unsaturated/α-hetero) is 1. The molecule has 156 valence electrons. The van der Waals surface area contributed by atoms with Gasteiger partial charge in [-0.25, -0.2) is 14.4 Å². The molecule has 0 aliphatic carbocycles. The van der Waals surface area contributed by atoms with Gasteiger partial charge in [-0.2, -0.15) is 0 Å². The summed E-state index contributed by atoms with van der Waals surface area (Å²) in [5.41, 5.74) is -1.31. The Morgan fingerprint density at radius 1 is 0.800 bits per heavy atom. The fourth-order valence-electron chi connectivity index (χ4n) is 2.76. The Balaban J connectivity index is 2.54. The lowest BCUT2D eigenvalue weighted by atomic mass is 9.93. The molecule has 0 saturated carbocycles. The van der Waals surface area contributed by atoms with Crippen molar-refractivity contribution < 1.29 is 44.0 Å². The van der Waals surface area contributed by atoms with Crippen molar-refractivity contribution >= 4 is 29.5 Å². The summed E-state index contributed by atoms with van der Waals surface area (Å²) in [4.78, 5) is 59.8. The summed E-state index contributed by atoms with van der Waals surface area (Å²) in [7, 11) is 0. The minimum atomic E-state index is -1.38. The van der Waals surface area contributed by atoms with Crippen molar-refractivity contribution in [3.05, 3.63) is 69.8 Å². The number of aliphatic hydroxyl groups excluding tert-OH is 1. The maximum absolute atomic E-state index is 12.9. The number of aliphatic hydroxyl groups is 1. The van der Waals surface area contributed by atoms with E-state index in [1.165, 1.54) is 12.1 Å². The summed E-state index contributed by atoms with van der Waals surface area (Å²) in [6, 6.07) is 6.76. The molecule has 0 unspecified atom stereocenters. The van der Waals surface area contributed by atoms with Crippen LogP contribution in [0.1, 0.15) is 70.7 Å². The van der Waals surface area contributed by atoms with Crippen LogP contribution >= 0.6 is 0 Å². The van der Waals surface area contributed by atoms with Crippen LogP contribution in [0.2, 0.25) is 0 Å². The van der Waals surface area contributed by atoms with Crippen LogP contribution in [0.5, 0.6) is 0 Å². The van der Waals surface area contributed by atoms with E-state index in [4.69, 9.17) is 9.84 Å². The topological polar surface area (TPSA) is 155 Å². The molecule has 3 N–H and O–H groups in total. The highest BCUT2D eigenvalue weighted by atomic mass is 16.5. The third-order valence-corrected chi connectivity index (χ3v) is 4.16. The van der Waals surface area contributed by atoms with Crippen molar-refractivity contribution in [3.63, 3.8) is 0 Å². The third-order valence-electron chi connectivity index (χ3n) is 4.16. The third kappa shape index (κ3) is 4.76. The molecule has 2 aromatic rings. The summed E-state index contributed by atoms with van der Waals surface area (Å²) >= 11 is 0. The van der Waals surface area contributed by atoms with Gasteiger partial charge in [0.1, 0.15) is 0 Å². The standard InChI is InChI=1S/C21H18O9/c1-2-30-21(29)16-10-12(4-6-14(16)20(27)28)18(24)11-3-5-13(19(25)26)15(9-11)17(23)7-8-22/h3-6,9-10,22H,2,7-8H2,1H3,(H,25,26)(H,27,28). The van der Waals surface area contributed by atoms with E-state index in [2.05, 4.69) is 0 Å². The molecule has 0 bridgehead atoms. The summed E-state index contributed by atoms with van der Waals surface area (Å²) in [6.07, 6.45) is -0.321. The van der Waals surface area contributed by atoms with Crippen molar-refractivity contribution in [2.45, 2.75) is 13.3 Å². The maximum Gasteiger partial charge on any atom is 0.339 e. The number of hydrogen-bond donors (Lipinski definition) is 3. The fraction of sp³-hybridized carbons (Fsp3) is 0.190. The van der Waals surface area contributed by atoms with Gasteiger partial charge in [-0.15, -0.1) is 0 Å². The van der Waals surface area contributed by atoms with Crippen LogP contribution in [0.25, 0.3) is 0 Å². The maximum atomic E-state index is 12.9. The number of ketones is 2. The van der Waals surface area contributed by atoms with Gasteiger partial charge in [-0.05, 0) is 31.2 Å². The van der Waals surface area contributed by atoms with Crippen molar-refractivity contribution in [2.24, 2.45) is 0 Å². The van der Waals surface area contributed by atoms with Crippen LogP contribution in [0.4, 0.5) is 0 Å². The number of esters is 1. The Morgan fingerprint density at radius 3 is 1.77 bits per heavy atom. The second-order valence-electron chi connectivity index (χ2n) is 6.08. The molecular weight excluding hydrogens is 396 g/mol. The largest absolute Gasteiger partial charge is 0.478 e. The van der Waals surface area contributed by atoms with Crippen molar-refractivity contribution in [3.8, 4) is 0 Å². The number of ether oxygens (including phenoxy) is 1. The lowest BCUT2D eigenvalue weighted by Gasteiger charge is -2.10. The molecule has 0 aliphatic rings. The van der Waals surface area contributed by atoms with Gasteiger partial charge in [0, 0.05) is 23.1 Å². The Labute approximate surface area is 170 Å². The molecule has 0 heterocycles. The second kappa shape index (κ2) is 9.57. The Kier molecular flexibility index (Phi) is 7.16. The van der Waals surface area contributed by atoms with Crippen LogP contribution in [-0.2, 0) is 4.74 Å². The molecule has 0 aromatic heterocycles. The Bertz CT molecular complexity index is 955. The van der Waals surface area contributed by atoms with Gasteiger partial charge in [-0.1, -0.05) is 12.1 Å². The number of benzene rings is 2. The van der Waals surface area contributed by atoms with Gasteiger partial charge in [0.2, 0.25) is 0 Å². The lowest BCUT2D eigenvalue weighted by molar-refractivity contribution is 0.0514. The molecule has 9 nitrogen and oxygen atoms in total. The molecule has 0 fully saturated rings. The number of hydrogen-bond acceptors (Lipinski definition) is 7. The normalized spacial score (nSPS) is 10.3. The average Bonchev–Trinajstić information content (AvgIpc) is 2.72. The van der Waals surface area contributed by atoms with E-state index in [9.17, 15) is 34.2 Å². The molecule has 0 amide bonds. The van der Waals surface area contributed by atoms with Crippen LogP contribution in [-0.4, -0.2) is 58.0 Å². The lowest BCUT2D eigenvalue weighted by Crippen LogP contribution is -2.15. The average molecular weight is 414 g/mol. The zero-order valence-corrected chi connectivity index (χ0v) is 15.9. The van der Waals surface area contributed by atoms with Gasteiger partial charge in [0.15, 0.2) is 11.6 Å². The van der Waals surface area contributed by atoms with E-state index in [1.54, 1.807) is 6.92 Å². The van der Waals surface area contributed by atoms with Crippen LogP contribution in [0, 0.1) is 0 Å². The monoisotopic (exact) mass is 414 g/mol. The molecule has 2 aromatic carbocycles. The first-order valence-corrected chi connectivity index (χ1v) is 8.81. The van der Waals surface area contributed by atoms with E-state index in [-0.39, 0.29) is 46.4 Å². The number of aromatic carboxylic acids is 2. The minimum Gasteiger partial charge on any atom is -0.478 e. The fourth-order valence-corrected chi connectivity index (χ4v) is 2.76. The quantitative estimate of drug-likeness (QED) is 0.413. The van der Waals surface area contributed by atoms with Crippen molar-refractivity contribution in [1.29, 1.82) is 0 Å². The first-order valence-electron chi connectivity index (χ1n) is 8.81. The van der Waals surface area contributed by atoms with E-state index in [0.717, 1.165) is 24.3 Å². The van der Waals surface area contributed by atoms with Gasteiger partial charge in [-0.3, -0.25) is 9.59 Å². The molecule has 30 heavy (non-hydrogen) atoms. The molecular formula is C21H18O9. The van der Waals surface area contributed by atoms with Crippen molar-refractivity contribution in [2.75, 3.05) is 13.2 Å². The first-order chi connectivity index (χ1) is 14.2. The number of carboxylic acid groups (broad SMARTS) is 2. The van der Waals surface area contributed by atoms with Crippen LogP contribution in [0.15, 0.2) is 36.4 Å². The summed E-state index contributed by atoms with van der Waals surface area (Å²) in [6.45, 7) is 1.06. The minimum absolute atomic E-state index is 0.00302. The highest BCUT2D eigenvalue weighted by molar-refractivity contribution is 6.14. The zero-order chi connectivity index (χ0) is 22.4. The molecule has 0 saturated heterocycles. The number of carboxylic acids is 2. The Morgan fingerprint density at radius 2 is 1.30 bits per heavy atom. The van der Waals surface area contributed by atoms with Crippen molar-refractivity contribution in [1.82, 2.24) is 0 Å². The number of rotatable bonds is 9. The van der Waals surface area contributed by atoms with E-state index >= 15 is 0 Å². The highest BCUT2D eigenvalue weighted by Gasteiger charge is 2.23. The summed E-state index contributed by atoms with van der Waals surface area (Å²) < 4.78 is 4.83. The second-order valence-corrected chi connectivity index (χ2v) is 6.08. The molecule has 0 spiro atoms. The predicted octanol–water partition coefficient (Wildman–Crippen LogP) is 2.06. The number of carbonyl (C=O) groups excluding carboxylic acids is 3. The highest BCUT2D eigenvalue weighted by Crippen LogP contribution is 2.20. The van der Waals surface area contributed by atoms with Gasteiger partial charge >= 0.3 is 17.9 Å². The summed E-state index contributed by atoms with van der Waals surface area (Å²) in [5.74, 6) is -4.97. The first kappa shape index (κ1) is 22.4. The Hall–Kier alpha value is -3.85. The molecule has 0 atom stereocenters. The van der Waals surface area contributed by atoms with Gasteiger partial charge < -0.3 is 20.1 Å². The van der Waals surface area contributed by atoms with Gasteiger partial charge in [0.25, 0.3) is 0 Å².